The Kier molecular flexibility index (Phi) is 8.25. The number of halogens is 1. The van der Waals surface area contributed by atoms with Gasteiger partial charge >= 0.3 is 0 Å². The van der Waals surface area contributed by atoms with E-state index in [1.165, 1.54) is 5.56 Å². The summed E-state index contributed by atoms with van der Waals surface area (Å²) in [6.45, 7) is 7.17. The number of rotatable bonds is 10. The molecule has 0 aliphatic carbocycles. The molecule has 0 spiro atoms. The summed E-state index contributed by atoms with van der Waals surface area (Å²) >= 11 is 3.49. The van der Waals surface area contributed by atoms with E-state index in [0.717, 1.165) is 39.3 Å². The third-order valence-corrected chi connectivity index (χ3v) is 6.73. The summed E-state index contributed by atoms with van der Waals surface area (Å²) in [4.78, 5) is 12.6. The number of hydrogen-bond acceptors (Lipinski definition) is 4. The molecule has 0 radical (unpaired) electrons. The minimum Gasteiger partial charge on any atom is -0.496 e. The van der Waals surface area contributed by atoms with Crippen LogP contribution in [0.1, 0.15) is 60.2 Å². The molecule has 0 unspecified atom stereocenters. The number of carbonyl (C=O) groups excluding carboxylic acids is 1. The van der Waals surface area contributed by atoms with E-state index in [0.29, 0.717) is 25.1 Å². The summed E-state index contributed by atoms with van der Waals surface area (Å²) in [6.07, 6.45) is 2.31. The molecule has 0 saturated heterocycles. The highest BCUT2D eigenvalue weighted by atomic mass is 79.9. The van der Waals surface area contributed by atoms with Gasteiger partial charge in [0.05, 0.1) is 18.7 Å². The fraction of sp³-hybridized carbons (Fsp3) is 0.370. The van der Waals surface area contributed by atoms with Crippen molar-refractivity contribution in [3.8, 4) is 11.5 Å². The van der Waals surface area contributed by atoms with E-state index in [1.807, 2.05) is 30.3 Å². The number of benzene rings is 2. The van der Waals surface area contributed by atoms with Gasteiger partial charge in [0.25, 0.3) is 5.91 Å². The number of hydrogen-bond donors (Lipinski definition) is 1. The second-order valence-electron chi connectivity index (χ2n) is 8.68. The molecule has 1 N–H and O–H groups in total. The Balaban J connectivity index is 1.63. The predicted octanol–water partition coefficient (Wildman–Crippen LogP) is 6.31. The average Bonchev–Trinajstić information content (AvgIpc) is 3.27. The lowest BCUT2D eigenvalue weighted by Crippen LogP contribution is -2.25. The number of carbonyl (C=O) groups is 1. The van der Waals surface area contributed by atoms with Gasteiger partial charge < -0.3 is 19.2 Å². The molecular formula is C27H32BrNO4. The first-order chi connectivity index (χ1) is 15.8. The van der Waals surface area contributed by atoms with Crippen LogP contribution < -0.4 is 14.8 Å². The van der Waals surface area contributed by atoms with Crippen molar-refractivity contribution in [3.63, 3.8) is 0 Å². The van der Waals surface area contributed by atoms with Crippen molar-refractivity contribution in [3.05, 3.63) is 81.2 Å². The predicted molar refractivity (Wildman–Crippen MR) is 135 cm³/mol. The number of furan rings is 1. The Bertz CT molecular complexity index is 1100. The van der Waals surface area contributed by atoms with E-state index in [1.54, 1.807) is 20.3 Å². The summed E-state index contributed by atoms with van der Waals surface area (Å²) in [7, 11) is 3.31. The monoisotopic (exact) mass is 513 g/mol. The quantitative estimate of drug-likeness (QED) is 0.345. The maximum atomic E-state index is 12.6. The van der Waals surface area contributed by atoms with Crippen LogP contribution in [0.3, 0.4) is 0 Å². The highest BCUT2D eigenvalue weighted by molar-refractivity contribution is 9.10. The van der Waals surface area contributed by atoms with Crippen molar-refractivity contribution >= 4 is 21.8 Å². The Morgan fingerprint density at radius 3 is 2.42 bits per heavy atom. The minimum atomic E-state index is -0.221. The van der Waals surface area contributed by atoms with Gasteiger partial charge in [-0.05, 0) is 75.6 Å². The van der Waals surface area contributed by atoms with Crippen molar-refractivity contribution in [1.29, 1.82) is 0 Å². The minimum absolute atomic E-state index is 0.0781. The van der Waals surface area contributed by atoms with Crippen LogP contribution in [-0.4, -0.2) is 26.7 Å². The molecule has 0 aliphatic rings. The lowest BCUT2D eigenvalue weighted by Gasteiger charge is -2.24. The first-order valence-electron chi connectivity index (χ1n) is 11.1. The summed E-state index contributed by atoms with van der Waals surface area (Å²) < 4.78 is 17.6. The molecule has 0 saturated carbocycles. The zero-order chi connectivity index (χ0) is 24.0. The molecule has 1 aromatic heterocycles. The largest absolute Gasteiger partial charge is 0.496 e. The highest BCUT2D eigenvalue weighted by Crippen LogP contribution is 2.32. The number of ether oxygens (including phenoxy) is 2. The molecule has 1 heterocycles. The van der Waals surface area contributed by atoms with E-state index in [4.69, 9.17) is 13.9 Å². The van der Waals surface area contributed by atoms with Crippen LogP contribution in [0, 0.1) is 0 Å². The number of nitrogens with one attached hydrogen (secondary N) is 1. The maximum Gasteiger partial charge on any atom is 0.287 e. The van der Waals surface area contributed by atoms with Crippen LogP contribution in [0.15, 0.2) is 57.4 Å². The molecule has 2 aromatic carbocycles. The molecule has 0 atom stereocenters. The Hall–Kier alpha value is -2.73. The van der Waals surface area contributed by atoms with Gasteiger partial charge in [0.15, 0.2) is 5.76 Å². The van der Waals surface area contributed by atoms with E-state index in [-0.39, 0.29) is 11.3 Å². The topological polar surface area (TPSA) is 60.7 Å². The van der Waals surface area contributed by atoms with Crippen molar-refractivity contribution in [2.45, 2.75) is 45.4 Å². The van der Waals surface area contributed by atoms with Crippen LogP contribution in [0.2, 0.25) is 0 Å². The second-order valence-corrected chi connectivity index (χ2v) is 9.54. The standard InChI is InChI=1S/C27H32BrNO4/c1-6-27(2,3)20-8-11-23(31-4)19(16-20)17-21-9-12-25(33-21)26(30)29-14-13-18-7-10-24(32-5)22(28)15-18/h7-12,15-16H,6,13-14,17H2,1-5H3,(H,29,30). The molecule has 1 amide bonds. The van der Waals surface area contributed by atoms with E-state index in [2.05, 4.69) is 54.2 Å². The number of methoxy groups -OCH3 is 2. The van der Waals surface area contributed by atoms with Gasteiger partial charge in [0, 0.05) is 18.5 Å². The molecule has 3 aromatic rings. The van der Waals surface area contributed by atoms with E-state index < -0.39 is 0 Å². The number of amides is 1. The third kappa shape index (κ3) is 6.20. The van der Waals surface area contributed by atoms with Crippen molar-refractivity contribution in [1.82, 2.24) is 5.32 Å². The molecule has 0 aliphatic heterocycles. The first kappa shape index (κ1) is 24.9. The molecule has 0 bridgehead atoms. The summed E-state index contributed by atoms with van der Waals surface area (Å²) in [5.74, 6) is 2.42. The average molecular weight is 514 g/mol. The summed E-state index contributed by atoms with van der Waals surface area (Å²) in [5.41, 5.74) is 3.48. The van der Waals surface area contributed by atoms with Gasteiger partial charge in [-0.2, -0.15) is 0 Å². The maximum absolute atomic E-state index is 12.6. The normalized spacial score (nSPS) is 11.3. The molecule has 3 rings (SSSR count). The second kappa shape index (κ2) is 10.9. The zero-order valence-corrected chi connectivity index (χ0v) is 21.5. The smallest absolute Gasteiger partial charge is 0.287 e. The van der Waals surface area contributed by atoms with Crippen LogP contribution >= 0.6 is 15.9 Å². The lowest BCUT2D eigenvalue weighted by atomic mass is 9.81. The van der Waals surface area contributed by atoms with Gasteiger partial charge in [-0.15, -0.1) is 0 Å². The SMILES string of the molecule is CCC(C)(C)c1ccc(OC)c(Cc2ccc(C(=O)NCCc3ccc(OC)c(Br)c3)o2)c1. The van der Waals surface area contributed by atoms with Crippen molar-refractivity contribution in [2.24, 2.45) is 0 Å². The molecule has 0 fully saturated rings. The molecule has 176 valence electrons. The van der Waals surface area contributed by atoms with Crippen molar-refractivity contribution < 1.29 is 18.7 Å². The Morgan fingerprint density at radius 2 is 1.76 bits per heavy atom. The fourth-order valence-electron chi connectivity index (χ4n) is 3.60. The van der Waals surface area contributed by atoms with Crippen LogP contribution in [0.4, 0.5) is 0 Å². The van der Waals surface area contributed by atoms with Gasteiger partial charge in [-0.1, -0.05) is 39.0 Å². The molecule has 6 heteroatoms. The van der Waals surface area contributed by atoms with Gasteiger partial charge in [0.1, 0.15) is 17.3 Å². The zero-order valence-electron chi connectivity index (χ0n) is 20.0. The highest BCUT2D eigenvalue weighted by Gasteiger charge is 2.20. The third-order valence-electron chi connectivity index (χ3n) is 6.11. The first-order valence-corrected chi connectivity index (χ1v) is 11.9. The van der Waals surface area contributed by atoms with E-state index in [9.17, 15) is 4.79 Å². The van der Waals surface area contributed by atoms with Crippen LogP contribution in [-0.2, 0) is 18.3 Å². The molecule has 33 heavy (non-hydrogen) atoms. The lowest BCUT2D eigenvalue weighted by molar-refractivity contribution is 0.0925. The van der Waals surface area contributed by atoms with Crippen molar-refractivity contribution in [2.75, 3.05) is 20.8 Å². The Labute approximate surface area is 204 Å². The van der Waals surface area contributed by atoms with Gasteiger partial charge in [-0.3, -0.25) is 4.79 Å². The van der Waals surface area contributed by atoms with Gasteiger partial charge in [0.2, 0.25) is 0 Å². The summed E-state index contributed by atoms with van der Waals surface area (Å²) in [6, 6.07) is 15.8. The summed E-state index contributed by atoms with van der Waals surface area (Å²) in [5, 5.41) is 2.93. The molecular weight excluding hydrogens is 482 g/mol. The molecule has 5 nitrogen and oxygen atoms in total. The van der Waals surface area contributed by atoms with Crippen LogP contribution in [0.25, 0.3) is 0 Å². The van der Waals surface area contributed by atoms with E-state index >= 15 is 0 Å². The van der Waals surface area contributed by atoms with Crippen LogP contribution in [0.5, 0.6) is 11.5 Å². The fourth-order valence-corrected chi connectivity index (χ4v) is 4.19. The Morgan fingerprint density at radius 1 is 1.03 bits per heavy atom. The van der Waals surface area contributed by atoms with Gasteiger partial charge in [-0.25, -0.2) is 0 Å².